The largest absolute Gasteiger partial charge is 0.292 e. The summed E-state index contributed by atoms with van der Waals surface area (Å²) in [6.07, 6.45) is 1.44. The highest BCUT2D eigenvalue weighted by molar-refractivity contribution is 6.00. The van der Waals surface area contributed by atoms with E-state index in [2.05, 4.69) is 0 Å². The Morgan fingerprint density at radius 3 is 2.44 bits per heavy atom. The minimum absolute atomic E-state index is 0.0770. The van der Waals surface area contributed by atoms with E-state index in [0.29, 0.717) is 12.0 Å². The fraction of sp³-hybridized carbons (Fsp3) is 0.533. The molecule has 3 heteroatoms. The molecule has 18 heavy (non-hydrogen) atoms. The number of halogens is 1. The number of hydrogen-bond acceptors (Lipinski definition) is 2. The van der Waals surface area contributed by atoms with E-state index in [0.717, 1.165) is 25.9 Å². The van der Waals surface area contributed by atoms with Gasteiger partial charge in [0.05, 0.1) is 0 Å². The molecule has 0 spiro atoms. The molecule has 2 nitrogen and oxygen atoms in total. The Kier molecular flexibility index (Phi) is 4.48. The van der Waals surface area contributed by atoms with Crippen LogP contribution >= 0.6 is 0 Å². The highest BCUT2D eigenvalue weighted by Gasteiger charge is 2.34. The van der Waals surface area contributed by atoms with Crippen molar-refractivity contribution in [3.05, 3.63) is 35.9 Å². The van der Waals surface area contributed by atoms with Crippen LogP contribution in [0.25, 0.3) is 0 Å². The van der Waals surface area contributed by atoms with Crippen LogP contribution in [0.1, 0.15) is 36.5 Å². The van der Waals surface area contributed by atoms with Gasteiger partial charge in [-0.2, -0.15) is 0 Å². The summed E-state index contributed by atoms with van der Waals surface area (Å²) in [5, 5.41) is 0. The van der Waals surface area contributed by atoms with Crippen molar-refractivity contribution in [3.8, 4) is 0 Å². The maximum atomic E-state index is 14.1. The van der Waals surface area contributed by atoms with Crippen molar-refractivity contribution in [1.82, 2.24) is 4.90 Å². The summed E-state index contributed by atoms with van der Waals surface area (Å²) in [5.74, 6) is -0.0770. The molecule has 1 aromatic rings. The summed E-state index contributed by atoms with van der Waals surface area (Å²) in [4.78, 5) is 14.5. The molecule has 2 atom stereocenters. The van der Waals surface area contributed by atoms with Gasteiger partial charge in [0.25, 0.3) is 0 Å². The van der Waals surface area contributed by atoms with Crippen LogP contribution < -0.4 is 0 Å². The molecular weight excluding hydrogens is 229 g/mol. The molecule has 1 aliphatic rings. The summed E-state index contributed by atoms with van der Waals surface area (Å²) in [5.41, 5.74) is 0.616. The standard InChI is InChI=1S/C15H20FNO/c1-2-13(16)14(17-10-6-7-11-17)15(18)12-8-4-3-5-9-12/h3-5,8-9,13-14H,2,6-7,10-11H2,1H3. The van der Waals surface area contributed by atoms with E-state index in [-0.39, 0.29) is 5.78 Å². The number of carbonyl (C=O) groups excluding carboxylic acids is 1. The third-order valence-corrected chi connectivity index (χ3v) is 3.59. The first-order valence-electron chi connectivity index (χ1n) is 6.71. The average molecular weight is 249 g/mol. The van der Waals surface area contributed by atoms with Gasteiger partial charge < -0.3 is 0 Å². The normalized spacial score (nSPS) is 19.7. The highest BCUT2D eigenvalue weighted by atomic mass is 19.1. The van der Waals surface area contributed by atoms with Crippen LogP contribution in [0.2, 0.25) is 0 Å². The summed E-state index contributed by atoms with van der Waals surface area (Å²) in [6.45, 7) is 3.47. The highest BCUT2D eigenvalue weighted by Crippen LogP contribution is 2.21. The molecule has 2 rings (SSSR count). The van der Waals surface area contributed by atoms with Crippen LogP contribution in [0.15, 0.2) is 30.3 Å². The number of ketones is 1. The smallest absolute Gasteiger partial charge is 0.182 e. The van der Waals surface area contributed by atoms with Gasteiger partial charge in [0.15, 0.2) is 5.78 Å². The molecular formula is C15H20FNO. The first-order chi connectivity index (χ1) is 8.74. The third kappa shape index (κ3) is 2.78. The van der Waals surface area contributed by atoms with Crippen molar-refractivity contribution in [2.75, 3.05) is 13.1 Å². The molecule has 0 N–H and O–H groups in total. The summed E-state index contributed by atoms with van der Waals surface area (Å²) < 4.78 is 14.1. The molecule has 1 fully saturated rings. The second-order valence-corrected chi connectivity index (χ2v) is 4.84. The molecule has 1 aromatic carbocycles. The molecule has 0 radical (unpaired) electrons. The van der Waals surface area contributed by atoms with Gasteiger partial charge in [0.2, 0.25) is 0 Å². The fourth-order valence-corrected chi connectivity index (χ4v) is 2.58. The summed E-state index contributed by atoms with van der Waals surface area (Å²) >= 11 is 0. The first-order valence-corrected chi connectivity index (χ1v) is 6.71. The van der Waals surface area contributed by atoms with E-state index in [1.54, 1.807) is 19.1 Å². The Balaban J connectivity index is 2.20. The minimum atomic E-state index is -1.07. The molecule has 0 amide bonds. The number of rotatable bonds is 5. The Hall–Kier alpha value is -1.22. The monoisotopic (exact) mass is 249 g/mol. The van der Waals surface area contributed by atoms with Gasteiger partial charge >= 0.3 is 0 Å². The Morgan fingerprint density at radius 2 is 1.89 bits per heavy atom. The van der Waals surface area contributed by atoms with Crippen LogP contribution in [0.4, 0.5) is 4.39 Å². The van der Waals surface area contributed by atoms with Crippen molar-refractivity contribution in [3.63, 3.8) is 0 Å². The predicted octanol–water partition coefficient (Wildman–Crippen LogP) is 3.08. The number of benzene rings is 1. The number of likely N-dealkylation sites (tertiary alicyclic amines) is 1. The molecule has 1 heterocycles. The van der Waals surface area contributed by atoms with Crippen LogP contribution in [-0.4, -0.2) is 36.0 Å². The van der Waals surface area contributed by atoms with E-state index in [1.165, 1.54) is 0 Å². The van der Waals surface area contributed by atoms with Crippen molar-refractivity contribution >= 4 is 5.78 Å². The van der Waals surface area contributed by atoms with Crippen LogP contribution in [-0.2, 0) is 0 Å². The van der Waals surface area contributed by atoms with E-state index >= 15 is 0 Å². The van der Waals surface area contributed by atoms with Crippen molar-refractivity contribution < 1.29 is 9.18 Å². The number of Topliss-reactive ketones (excluding diaryl/α,β-unsaturated/α-hetero) is 1. The second kappa shape index (κ2) is 6.10. The molecule has 1 aliphatic heterocycles. The maximum Gasteiger partial charge on any atom is 0.182 e. The van der Waals surface area contributed by atoms with Gasteiger partial charge in [-0.1, -0.05) is 37.3 Å². The van der Waals surface area contributed by atoms with Crippen molar-refractivity contribution in [2.24, 2.45) is 0 Å². The van der Waals surface area contributed by atoms with Gasteiger partial charge in [-0.05, 0) is 32.4 Å². The number of alkyl halides is 1. The average Bonchev–Trinajstić information content (AvgIpc) is 2.93. The Labute approximate surface area is 108 Å². The summed E-state index contributed by atoms with van der Waals surface area (Å²) in [6, 6.07) is 8.47. The Morgan fingerprint density at radius 1 is 1.28 bits per heavy atom. The zero-order valence-corrected chi connectivity index (χ0v) is 10.8. The number of nitrogens with zero attached hydrogens (tertiary/aromatic N) is 1. The van der Waals surface area contributed by atoms with Gasteiger partial charge in [0, 0.05) is 5.56 Å². The number of carbonyl (C=O) groups is 1. The van der Waals surface area contributed by atoms with Crippen LogP contribution in [0, 0.1) is 0 Å². The molecule has 0 aromatic heterocycles. The van der Waals surface area contributed by atoms with Gasteiger partial charge in [-0.15, -0.1) is 0 Å². The van der Waals surface area contributed by atoms with E-state index in [9.17, 15) is 9.18 Å². The molecule has 0 aliphatic carbocycles. The fourth-order valence-electron chi connectivity index (χ4n) is 2.58. The SMILES string of the molecule is CCC(F)C(C(=O)c1ccccc1)N1CCCC1. The quantitative estimate of drug-likeness (QED) is 0.747. The topological polar surface area (TPSA) is 20.3 Å². The molecule has 1 saturated heterocycles. The lowest BCUT2D eigenvalue weighted by Crippen LogP contribution is -2.45. The zero-order chi connectivity index (χ0) is 13.0. The first kappa shape index (κ1) is 13.2. The Bertz CT molecular complexity index is 387. The molecule has 2 unspecified atom stereocenters. The summed E-state index contributed by atoms with van der Waals surface area (Å²) in [7, 11) is 0. The lowest BCUT2D eigenvalue weighted by molar-refractivity contribution is 0.0701. The van der Waals surface area contributed by atoms with Crippen molar-refractivity contribution in [1.29, 1.82) is 0 Å². The predicted molar refractivity (Wildman–Crippen MR) is 70.6 cm³/mol. The molecule has 0 saturated carbocycles. The van der Waals surface area contributed by atoms with Crippen LogP contribution in [0.5, 0.6) is 0 Å². The number of hydrogen-bond donors (Lipinski definition) is 0. The van der Waals surface area contributed by atoms with Crippen molar-refractivity contribution in [2.45, 2.75) is 38.4 Å². The van der Waals surface area contributed by atoms with E-state index < -0.39 is 12.2 Å². The van der Waals surface area contributed by atoms with Gasteiger partial charge in [0.1, 0.15) is 12.2 Å². The van der Waals surface area contributed by atoms with Gasteiger partial charge in [-0.3, -0.25) is 9.69 Å². The zero-order valence-electron chi connectivity index (χ0n) is 10.8. The second-order valence-electron chi connectivity index (χ2n) is 4.84. The lowest BCUT2D eigenvalue weighted by atomic mass is 9.98. The van der Waals surface area contributed by atoms with Crippen LogP contribution in [0.3, 0.4) is 0 Å². The maximum absolute atomic E-state index is 14.1. The molecule has 98 valence electrons. The van der Waals surface area contributed by atoms with Gasteiger partial charge in [-0.25, -0.2) is 4.39 Å². The van der Waals surface area contributed by atoms with E-state index in [1.807, 2.05) is 23.1 Å². The third-order valence-electron chi connectivity index (χ3n) is 3.59. The minimum Gasteiger partial charge on any atom is -0.292 e. The lowest BCUT2D eigenvalue weighted by Gasteiger charge is -2.28. The molecule has 0 bridgehead atoms. The van der Waals surface area contributed by atoms with E-state index in [4.69, 9.17) is 0 Å².